The second-order valence-electron chi connectivity index (χ2n) is 10.2. The molecular formula is C27H37N5O4. The normalized spacial score (nSPS) is 20.6. The van der Waals surface area contributed by atoms with Crippen LogP contribution in [0.4, 0.5) is 10.6 Å². The minimum atomic E-state index is -0.970. The second-order valence-corrected chi connectivity index (χ2v) is 10.2. The maximum atomic E-state index is 13.3. The van der Waals surface area contributed by atoms with Gasteiger partial charge in [0.1, 0.15) is 5.82 Å². The van der Waals surface area contributed by atoms with E-state index in [0.29, 0.717) is 43.0 Å². The fraction of sp³-hybridized carbons (Fsp3) is 0.556. The van der Waals surface area contributed by atoms with Crippen LogP contribution in [0.3, 0.4) is 0 Å². The van der Waals surface area contributed by atoms with E-state index in [1.54, 1.807) is 6.92 Å². The van der Waals surface area contributed by atoms with Crippen LogP contribution >= 0.6 is 0 Å². The summed E-state index contributed by atoms with van der Waals surface area (Å²) in [6, 6.07) is 9.69. The predicted octanol–water partition coefficient (Wildman–Crippen LogP) is 3.39. The molecule has 9 heteroatoms. The van der Waals surface area contributed by atoms with Gasteiger partial charge in [-0.05, 0) is 68.4 Å². The zero-order valence-electron chi connectivity index (χ0n) is 21.0. The van der Waals surface area contributed by atoms with Gasteiger partial charge in [-0.3, -0.25) is 9.59 Å². The van der Waals surface area contributed by atoms with Crippen molar-refractivity contribution in [2.45, 2.75) is 45.4 Å². The first-order valence-electron chi connectivity index (χ1n) is 13.0. The van der Waals surface area contributed by atoms with Crippen molar-refractivity contribution in [1.82, 2.24) is 20.9 Å². The molecule has 0 spiro atoms. The minimum absolute atomic E-state index is 0.00696. The summed E-state index contributed by atoms with van der Waals surface area (Å²) in [4.78, 5) is 42.3. The van der Waals surface area contributed by atoms with Gasteiger partial charge in [-0.1, -0.05) is 18.2 Å². The van der Waals surface area contributed by atoms with E-state index in [4.69, 9.17) is 10.1 Å². The van der Waals surface area contributed by atoms with Crippen LogP contribution in [-0.4, -0.2) is 60.7 Å². The molecular weight excluding hydrogens is 458 g/mol. The van der Waals surface area contributed by atoms with Crippen LogP contribution in [0.5, 0.6) is 0 Å². The number of aromatic nitrogens is 1. The van der Waals surface area contributed by atoms with Crippen LogP contribution in [-0.2, 0) is 4.79 Å². The van der Waals surface area contributed by atoms with Crippen LogP contribution in [0.25, 0.3) is 10.9 Å². The van der Waals surface area contributed by atoms with E-state index in [-0.39, 0.29) is 11.8 Å². The Bertz CT molecular complexity index is 1080. The Morgan fingerprint density at radius 3 is 2.11 bits per heavy atom. The van der Waals surface area contributed by atoms with Crippen molar-refractivity contribution in [3.05, 3.63) is 35.9 Å². The second kappa shape index (κ2) is 12.1. The molecule has 4 N–H and O–H groups in total. The van der Waals surface area contributed by atoms with Crippen molar-refractivity contribution in [2.75, 3.05) is 37.6 Å². The molecule has 0 radical (unpaired) electrons. The number of rotatable bonds is 8. The first-order chi connectivity index (χ1) is 17.4. The third-order valence-corrected chi connectivity index (χ3v) is 7.59. The average molecular weight is 496 g/mol. The molecule has 0 bridgehead atoms. The molecule has 2 fully saturated rings. The summed E-state index contributed by atoms with van der Waals surface area (Å²) in [6.45, 7) is 5.07. The lowest BCUT2D eigenvalue weighted by Crippen LogP contribution is -2.38. The zero-order valence-corrected chi connectivity index (χ0v) is 21.0. The van der Waals surface area contributed by atoms with Gasteiger partial charge in [0.15, 0.2) is 0 Å². The highest BCUT2D eigenvalue weighted by Crippen LogP contribution is 2.29. The number of piperidine rings is 1. The van der Waals surface area contributed by atoms with Crippen LogP contribution in [0.2, 0.25) is 0 Å². The van der Waals surface area contributed by atoms with Crippen molar-refractivity contribution in [1.29, 1.82) is 0 Å². The van der Waals surface area contributed by atoms with Crippen LogP contribution < -0.4 is 20.9 Å². The van der Waals surface area contributed by atoms with Crippen molar-refractivity contribution < 1.29 is 19.5 Å². The fourth-order valence-corrected chi connectivity index (χ4v) is 5.37. The Labute approximate surface area is 212 Å². The number of benzene rings is 1. The number of carbonyl (C=O) groups excluding carboxylic acids is 2. The third-order valence-electron chi connectivity index (χ3n) is 7.59. The van der Waals surface area contributed by atoms with Crippen LogP contribution in [0.15, 0.2) is 30.3 Å². The number of carboxylic acid groups (broad SMARTS) is 1. The van der Waals surface area contributed by atoms with Crippen LogP contribution in [0, 0.1) is 17.8 Å². The fourth-order valence-electron chi connectivity index (χ4n) is 5.37. The molecule has 2 aromatic rings. The standard InChI is InChI=1S/C27H37N5O4/c1-18(33)28-15-21-10-12-32(13-11-21)25-14-23(22-4-2-3-5-24(22)31-25)26(34)29-16-19-6-8-20(9-7-19)17-30-27(35)36/h2-5,14,19-21,30H,6-13,15-17H2,1H3,(H,28,33)(H,29,34)(H,35,36)/t19-,20-. The molecule has 1 aliphatic carbocycles. The van der Waals surface area contributed by atoms with E-state index in [1.807, 2.05) is 30.3 Å². The predicted molar refractivity (Wildman–Crippen MR) is 139 cm³/mol. The van der Waals surface area contributed by atoms with Gasteiger partial charge in [0.2, 0.25) is 5.91 Å². The quantitative estimate of drug-likeness (QED) is 0.445. The van der Waals surface area contributed by atoms with E-state index in [0.717, 1.165) is 68.3 Å². The van der Waals surface area contributed by atoms with Gasteiger partial charge >= 0.3 is 6.09 Å². The number of nitrogens with zero attached hydrogens (tertiary/aromatic N) is 2. The van der Waals surface area contributed by atoms with Crippen molar-refractivity contribution in [3.8, 4) is 0 Å². The highest BCUT2D eigenvalue weighted by Gasteiger charge is 2.24. The van der Waals surface area contributed by atoms with E-state index in [9.17, 15) is 14.4 Å². The number of hydrogen-bond donors (Lipinski definition) is 4. The van der Waals surface area contributed by atoms with Gasteiger partial charge in [0.25, 0.3) is 5.91 Å². The maximum Gasteiger partial charge on any atom is 0.404 e. The summed E-state index contributed by atoms with van der Waals surface area (Å²) in [5, 5.41) is 18.2. The number of fused-ring (bicyclic) bond motifs is 1. The van der Waals surface area contributed by atoms with Gasteiger partial charge < -0.3 is 26.0 Å². The molecule has 9 nitrogen and oxygen atoms in total. The number of para-hydroxylation sites is 1. The molecule has 1 aromatic carbocycles. The molecule has 1 saturated carbocycles. The van der Waals surface area contributed by atoms with Gasteiger partial charge in [0, 0.05) is 45.0 Å². The lowest BCUT2D eigenvalue weighted by molar-refractivity contribution is -0.119. The van der Waals surface area contributed by atoms with E-state index < -0.39 is 6.09 Å². The van der Waals surface area contributed by atoms with Gasteiger partial charge in [-0.15, -0.1) is 0 Å². The molecule has 4 rings (SSSR count). The molecule has 0 atom stereocenters. The van der Waals surface area contributed by atoms with E-state index in [1.165, 1.54) is 0 Å². The molecule has 1 saturated heterocycles. The van der Waals surface area contributed by atoms with Crippen molar-refractivity contribution >= 4 is 34.6 Å². The first kappa shape index (κ1) is 25.7. The van der Waals surface area contributed by atoms with Gasteiger partial charge in [0.05, 0.1) is 11.1 Å². The topological polar surface area (TPSA) is 124 Å². The summed E-state index contributed by atoms with van der Waals surface area (Å²) in [6.07, 6.45) is 4.90. The Balaban J connectivity index is 1.37. The monoisotopic (exact) mass is 495 g/mol. The number of pyridine rings is 1. The van der Waals surface area contributed by atoms with Gasteiger partial charge in [-0.25, -0.2) is 9.78 Å². The number of amides is 3. The zero-order chi connectivity index (χ0) is 25.5. The molecule has 36 heavy (non-hydrogen) atoms. The molecule has 2 heterocycles. The maximum absolute atomic E-state index is 13.3. The molecule has 0 unspecified atom stereocenters. The molecule has 3 amide bonds. The van der Waals surface area contributed by atoms with Gasteiger partial charge in [-0.2, -0.15) is 0 Å². The Kier molecular flexibility index (Phi) is 8.61. The number of hydrogen-bond acceptors (Lipinski definition) is 5. The Hall–Kier alpha value is -3.36. The Morgan fingerprint density at radius 1 is 0.889 bits per heavy atom. The smallest absolute Gasteiger partial charge is 0.404 e. The average Bonchev–Trinajstić information content (AvgIpc) is 2.89. The molecule has 194 valence electrons. The Morgan fingerprint density at radius 2 is 1.47 bits per heavy atom. The summed E-state index contributed by atoms with van der Waals surface area (Å²) >= 11 is 0. The highest BCUT2D eigenvalue weighted by molar-refractivity contribution is 6.07. The summed E-state index contributed by atoms with van der Waals surface area (Å²) in [5.41, 5.74) is 1.46. The largest absolute Gasteiger partial charge is 0.465 e. The lowest BCUT2D eigenvalue weighted by atomic mass is 9.82. The van der Waals surface area contributed by atoms with Crippen molar-refractivity contribution in [3.63, 3.8) is 0 Å². The lowest BCUT2D eigenvalue weighted by Gasteiger charge is -2.33. The third kappa shape index (κ3) is 6.86. The minimum Gasteiger partial charge on any atom is -0.465 e. The van der Waals surface area contributed by atoms with Crippen molar-refractivity contribution in [2.24, 2.45) is 17.8 Å². The summed E-state index contributed by atoms with van der Waals surface area (Å²) < 4.78 is 0. The van der Waals surface area contributed by atoms with E-state index in [2.05, 4.69) is 20.9 Å². The summed E-state index contributed by atoms with van der Waals surface area (Å²) in [7, 11) is 0. The SMILES string of the molecule is CC(=O)NCC1CCN(c2cc(C(=O)NC[C@H]3CC[C@H](CNC(=O)O)CC3)c3ccccc3n2)CC1. The summed E-state index contributed by atoms with van der Waals surface area (Å²) in [5.74, 6) is 2.00. The molecule has 2 aliphatic rings. The first-order valence-corrected chi connectivity index (χ1v) is 13.0. The molecule has 1 aliphatic heterocycles. The molecule has 1 aromatic heterocycles. The number of nitrogens with one attached hydrogen (secondary N) is 3. The number of carbonyl (C=O) groups is 3. The number of anilines is 1. The highest BCUT2D eigenvalue weighted by atomic mass is 16.4. The van der Waals surface area contributed by atoms with E-state index >= 15 is 0 Å². The van der Waals surface area contributed by atoms with Crippen LogP contribution in [0.1, 0.15) is 55.8 Å².